The number of rotatable bonds is 3. The first-order valence-corrected chi connectivity index (χ1v) is 8.55. The SMILES string of the molecule is N[C@@H]1CC[C@H]2CN(S(=O)(=O)Cc3ccccc3F)C[C@@H]21. The van der Waals surface area contributed by atoms with Crippen molar-refractivity contribution in [3.8, 4) is 0 Å². The predicted octanol–water partition coefficient (Wildman–Crippen LogP) is 1.32. The van der Waals surface area contributed by atoms with Gasteiger partial charge in [-0.15, -0.1) is 0 Å². The van der Waals surface area contributed by atoms with Crippen molar-refractivity contribution in [1.29, 1.82) is 0 Å². The fourth-order valence-corrected chi connectivity index (χ4v) is 5.02. The minimum absolute atomic E-state index is 0.105. The molecule has 1 heterocycles. The van der Waals surface area contributed by atoms with Gasteiger partial charge in [0, 0.05) is 24.7 Å². The molecule has 2 aliphatic rings. The summed E-state index contributed by atoms with van der Waals surface area (Å²) in [4.78, 5) is 0. The van der Waals surface area contributed by atoms with Crippen LogP contribution in [-0.2, 0) is 15.8 Å². The van der Waals surface area contributed by atoms with Crippen molar-refractivity contribution in [1.82, 2.24) is 4.31 Å². The summed E-state index contributed by atoms with van der Waals surface area (Å²) in [6.07, 6.45) is 1.98. The van der Waals surface area contributed by atoms with Gasteiger partial charge in [0.2, 0.25) is 10.0 Å². The van der Waals surface area contributed by atoms with Crippen LogP contribution in [0.1, 0.15) is 18.4 Å². The Hall–Kier alpha value is -0.980. The van der Waals surface area contributed by atoms with E-state index in [9.17, 15) is 12.8 Å². The molecule has 20 heavy (non-hydrogen) atoms. The maximum Gasteiger partial charge on any atom is 0.218 e. The molecule has 0 unspecified atom stereocenters. The second-order valence-corrected chi connectivity index (χ2v) is 7.80. The lowest BCUT2D eigenvalue weighted by atomic mass is 9.98. The van der Waals surface area contributed by atoms with Gasteiger partial charge >= 0.3 is 0 Å². The summed E-state index contributed by atoms with van der Waals surface area (Å²) in [5.41, 5.74) is 6.25. The quantitative estimate of drug-likeness (QED) is 0.915. The Kier molecular flexibility index (Phi) is 3.56. The molecule has 0 amide bonds. The molecule has 3 rings (SSSR count). The van der Waals surface area contributed by atoms with Gasteiger partial charge in [0.15, 0.2) is 0 Å². The van der Waals surface area contributed by atoms with Crippen LogP contribution in [0.25, 0.3) is 0 Å². The zero-order chi connectivity index (χ0) is 14.3. The van der Waals surface area contributed by atoms with Crippen molar-refractivity contribution < 1.29 is 12.8 Å². The molecule has 0 radical (unpaired) electrons. The monoisotopic (exact) mass is 298 g/mol. The van der Waals surface area contributed by atoms with Gasteiger partial charge in [-0.1, -0.05) is 18.2 Å². The van der Waals surface area contributed by atoms with Crippen molar-refractivity contribution in [3.05, 3.63) is 35.6 Å². The molecule has 0 spiro atoms. The molecule has 1 aromatic rings. The van der Waals surface area contributed by atoms with Crippen LogP contribution in [0.2, 0.25) is 0 Å². The predicted molar refractivity (Wildman–Crippen MR) is 74.8 cm³/mol. The summed E-state index contributed by atoms with van der Waals surface area (Å²) in [5, 5.41) is 0. The second-order valence-electron chi connectivity index (χ2n) is 5.83. The Balaban J connectivity index is 1.75. The van der Waals surface area contributed by atoms with Crippen molar-refractivity contribution in [2.24, 2.45) is 17.6 Å². The molecular weight excluding hydrogens is 279 g/mol. The normalized spacial score (nSPS) is 30.6. The molecule has 1 saturated heterocycles. The highest BCUT2D eigenvalue weighted by Gasteiger charge is 2.44. The molecule has 0 bridgehead atoms. The minimum atomic E-state index is -3.46. The van der Waals surface area contributed by atoms with Gasteiger partial charge in [0.25, 0.3) is 0 Å². The number of halogens is 1. The van der Waals surface area contributed by atoms with Gasteiger partial charge < -0.3 is 5.73 Å². The first-order valence-electron chi connectivity index (χ1n) is 6.94. The summed E-state index contributed by atoms with van der Waals surface area (Å²) in [6, 6.07) is 6.14. The van der Waals surface area contributed by atoms with E-state index in [1.807, 2.05) is 0 Å². The van der Waals surface area contributed by atoms with Crippen LogP contribution in [0, 0.1) is 17.7 Å². The molecule has 1 saturated carbocycles. The number of hydrogen-bond acceptors (Lipinski definition) is 3. The van der Waals surface area contributed by atoms with E-state index in [0.717, 1.165) is 12.8 Å². The fraction of sp³-hybridized carbons (Fsp3) is 0.571. The number of nitrogens with zero attached hydrogens (tertiary/aromatic N) is 1. The third-order valence-electron chi connectivity index (χ3n) is 4.57. The van der Waals surface area contributed by atoms with E-state index in [1.54, 1.807) is 12.1 Å². The molecule has 1 aliphatic carbocycles. The van der Waals surface area contributed by atoms with Crippen molar-refractivity contribution in [2.75, 3.05) is 13.1 Å². The van der Waals surface area contributed by atoms with E-state index in [4.69, 9.17) is 5.73 Å². The highest BCUT2D eigenvalue weighted by atomic mass is 32.2. The topological polar surface area (TPSA) is 63.4 Å². The van der Waals surface area contributed by atoms with Crippen LogP contribution in [0.5, 0.6) is 0 Å². The first kappa shape index (κ1) is 14.0. The minimum Gasteiger partial charge on any atom is -0.327 e. The zero-order valence-electron chi connectivity index (χ0n) is 11.2. The number of sulfonamides is 1. The number of nitrogens with two attached hydrogens (primary N) is 1. The average Bonchev–Trinajstić information content (AvgIpc) is 2.95. The van der Waals surface area contributed by atoms with E-state index in [1.165, 1.54) is 16.4 Å². The molecule has 3 atom stereocenters. The Morgan fingerprint density at radius 1 is 1.25 bits per heavy atom. The Labute approximate surface area is 118 Å². The van der Waals surface area contributed by atoms with Crippen molar-refractivity contribution in [3.63, 3.8) is 0 Å². The highest BCUT2D eigenvalue weighted by molar-refractivity contribution is 7.88. The summed E-state index contributed by atoms with van der Waals surface area (Å²) >= 11 is 0. The third-order valence-corrected chi connectivity index (χ3v) is 6.33. The second kappa shape index (κ2) is 5.09. The molecule has 110 valence electrons. The lowest BCUT2D eigenvalue weighted by Crippen LogP contribution is -2.34. The van der Waals surface area contributed by atoms with Gasteiger partial charge in [-0.2, -0.15) is 0 Å². The molecule has 1 aliphatic heterocycles. The van der Waals surface area contributed by atoms with Crippen LogP contribution < -0.4 is 5.73 Å². The molecular formula is C14H19FN2O2S. The molecule has 1 aromatic carbocycles. The fourth-order valence-electron chi connectivity index (χ4n) is 3.40. The first-order chi connectivity index (χ1) is 9.47. The summed E-state index contributed by atoms with van der Waals surface area (Å²) in [5.74, 6) is -0.0908. The van der Waals surface area contributed by atoms with E-state index in [2.05, 4.69) is 0 Å². The van der Waals surface area contributed by atoms with Crippen LogP contribution in [-0.4, -0.2) is 31.9 Å². The number of hydrogen-bond donors (Lipinski definition) is 1. The Bertz CT molecular complexity index is 605. The maximum absolute atomic E-state index is 13.6. The average molecular weight is 298 g/mol. The van der Waals surface area contributed by atoms with Gasteiger partial charge in [-0.25, -0.2) is 17.1 Å². The van der Waals surface area contributed by atoms with Crippen LogP contribution in [0.15, 0.2) is 24.3 Å². The summed E-state index contributed by atoms with van der Waals surface area (Å²) < 4.78 is 39.9. The lowest BCUT2D eigenvalue weighted by Gasteiger charge is -2.18. The van der Waals surface area contributed by atoms with E-state index < -0.39 is 15.8 Å². The Morgan fingerprint density at radius 3 is 2.70 bits per heavy atom. The van der Waals surface area contributed by atoms with Crippen LogP contribution >= 0.6 is 0 Å². The lowest BCUT2D eigenvalue weighted by molar-refractivity contribution is 0.426. The van der Waals surface area contributed by atoms with Crippen molar-refractivity contribution >= 4 is 10.0 Å². The maximum atomic E-state index is 13.6. The molecule has 4 nitrogen and oxygen atoms in total. The smallest absolute Gasteiger partial charge is 0.218 e. The van der Waals surface area contributed by atoms with Crippen molar-refractivity contribution in [2.45, 2.75) is 24.6 Å². The summed E-state index contributed by atoms with van der Waals surface area (Å²) in [7, 11) is -3.46. The molecule has 2 N–H and O–H groups in total. The van der Waals surface area contributed by atoms with E-state index in [-0.39, 0.29) is 23.3 Å². The van der Waals surface area contributed by atoms with Gasteiger partial charge in [-0.3, -0.25) is 0 Å². The standard InChI is InChI=1S/C14H19FN2O2S/c15-13-4-2-1-3-11(13)9-20(18,19)17-7-10-5-6-14(16)12(10)8-17/h1-4,10,12,14H,5-9,16H2/t10-,12-,14+/m0/s1. The van der Waals surface area contributed by atoms with E-state index >= 15 is 0 Å². The third kappa shape index (κ3) is 2.47. The van der Waals surface area contributed by atoms with Gasteiger partial charge in [0.1, 0.15) is 5.82 Å². The highest BCUT2D eigenvalue weighted by Crippen LogP contribution is 2.38. The van der Waals surface area contributed by atoms with Gasteiger partial charge in [-0.05, 0) is 30.7 Å². The zero-order valence-corrected chi connectivity index (χ0v) is 12.0. The van der Waals surface area contributed by atoms with Crippen LogP contribution in [0.3, 0.4) is 0 Å². The molecule has 6 heteroatoms. The molecule has 0 aromatic heterocycles. The van der Waals surface area contributed by atoms with E-state index in [0.29, 0.717) is 19.0 Å². The number of fused-ring (bicyclic) bond motifs is 1. The molecule has 2 fully saturated rings. The number of benzene rings is 1. The Morgan fingerprint density at radius 2 is 2.00 bits per heavy atom. The van der Waals surface area contributed by atoms with Crippen LogP contribution in [0.4, 0.5) is 4.39 Å². The largest absolute Gasteiger partial charge is 0.327 e. The van der Waals surface area contributed by atoms with Gasteiger partial charge in [0.05, 0.1) is 5.75 Å². The summed E-state index contributed by atoms with van der Waals surface area (Å²) in [6.45, 7) is 1.03.